The number of halogens is 2. The van der Waals surface area contributed by atoms with Crippen LogP contribution < -0.4 is 5.32 Å². The molecule has 2 atom stereocenters. The molecule has 0 aliphatic carbocycles. The summed E-state index contributed by atoms with van der Waals surface area (Å²) in [5.74, 6) is 0.698. The Bertz CT molecular complexity index is 434. The third kappa shape index (κ3) is 5.94. The van der Waals surface area contributed by atoms with Crippen LogP contribution in [0.15, 0.2) is 24.3 Å². The van der Waals surface area contributed by atoms with Crippen molar-refractivity contribution in [3.63, 3.8) is 0 Å². The summed E-state index contributed by atoms with van der Waals surface area (Å²) in [6.45, 7) is 16.1. The van der Waals surface area contributed by atoms with Gasteiger partial charge in [-0.25, -0.2) is 0 Å². The van der Waals surface area contributed by atoms with Gasteiger partial charge in [-0.2, -0.15) is 0 Å². The largest absolute Gasteiger partial charge is 0.314 e. The molecule has 1 N–H and O–H groups in total. The standard InChI is InChI=1S/C19H32N2.2ClH/c1-6-15(2)18(21-13-11-20-12-14-21)16-7-9-17(10-8-16)19(3,4)5;;/h7-10,15,18,20H,6,11-14H2,1-5H3;2*1H/t15?,18-;;/m0../s1. The Morgan fingerprint density at radius 3 is 2.00 bits per heavy atom. The number of benzene rings is 1. The summed E-state index contributed by atoms with van der Waals surface area (Å²) in [5.41, 5.74) is 3.15. The fraction of sp³-hybridized carbons (Fsp3) is 0.684. The lowest BCUT2D eigenvalue weighted by Gasteiger charge is -2.38. The van der Waals surface area contributed by atoms with E-state index in [0.717, 1.165) is 26.2 Å². The summed E-state index contributed by atoms with van der Waals surface area (Å²) in [4.78, 5) is 2.66. The Morgan fingerprint density at radius 1 is 1.04 bits per heavy atom. The fourth-order valence-electron chi connectivity index (χ4n) is 3.26. The van der Waals surface area contributed by atoms with Crippen molar-refractivity contribution in [3.8, 4) is 0 Å². The first-order valence-electron chi connectivity index (χ1n) is 8.48. The van der Waals surface area contributed by atoms with Gasteiger partial charge in [0.25, 0.3) is 0 Å². The second-order valence-corrected chi connectivity index (χ2v) is 7.49. The molecule has 1 aliphatic heterocycles. The fourth-order valence-corrected chi connectivity index (χ4v) is 3.26. The molecule has 0 radical (unpaired) electrons. The number of rotatable bonds is 4. The van der Waals surface area contributed by atoms with E-state index in [1.165, 1.54) is 17.5 Å². The van der Waals surface area contributed by atoms with E-state index < -0.39 is 0 Å². The van der Waals surface area contributed by atoms with E-state index in [1.54, 1.807) is 0 Å². The lowest BCUT2D eigenvalue weighted by Crippen LogP contribution is -2.46. The monoisotopic (exact) mass is 360 g/mol. The van der Waals surface area contributed by atoms with E-state index in [9.17, 15) is 0 Å². The minimum Gasteiger partial charge on any atom is -0.314 e. The van der Waals surface area contributed by atoms with Gasteiger partial charge < -0.3 is 5.32 Å². The molecule has 0 aromatic heterocycles. The Labute approximate surface area is 155 Å². The van der Waals surface area contributed by atoms with E-state index in [1.807, 2.05) is 0 Å². The van der Waals surface area contributed by atoms with Crippen LogP contribution in [0.4, 0.5) is 0 Å². The van der Waals surface area contributed by atoms with Gasteiger partial charge in [0.05, 0.1) is 0 Å². The minimum absolute atomic E-state index is 0. The SMILES string of the molecule is CCC(C)[C@@H](c1ccc(C(C)(C)C)cc1)N1CCNCC1.Cl.Cl. The highest BCUT2D eigenvalue weighted by Crippen LogP contribution is 2.32. The maximum Gasteiger partial charge on any atom is 0.0374 e. The van der Waals surface area contributed by atoms with Crippen LogP contribution in [-0.2, 0) is 5.41 Å². The highest BCUT2D eigenvalue weighted by Gasteiger charge is 2.26. The Balaban J connectivity index is 0.00000242. The van der Waals surface area contributed by atoms with Crippen molar-refractivity contribution >= 4 is 24.8 Å². The number of hydrogen-bond acceptors (Lipinski definition) is 2. The van der Waals surface area contributed by atoms with Gasteiger partial charge in [-0.1, -0.05) is 65.3 Å². The predicted molar refractivity (Wildman–Crippen MR) is 106 cm³/mol. The third-order valence-corrected chi connectivity index (χ3v) is 4.85. The average Bonchev–Trinajstić information content (AvgIpc) is 2.48. The molecule has 23 heavy (non-hydrogen) atoms. The summed E-state index contributed by atoms with van der Waals surface area (Å²) in [6, 6.07) is 9.93. The molecule has 0 saturated carbocycles. The first-order chi connectivity index (χ1) is 9.93. The summed E-state index contributed by atoms with van der Waals surface area (Å²) >= 11 is 0. The van der Waals surface area contributed by atoms with Gasteiger partial charge >= 0.3 is 0 Å². The third-order valence-electron chi connectivity index (χ3n) is 4.85. The topological polar surface area (TPSA) is 15.3 Å². The van der Waals surface area contributed by atoms with E-state index in [0.29, 0.717) is 12.0 Å². The first-order valence-corrected chi connectivity index (χ1v) is 8.48. The summed E-state index contributed by atoms with van der Waals surface area (Å²) in [5, 5.41) is 3.47. The molecule has 1 aliphatic rings. The van der Waals surface area contributed by atoms with Crippen molar-refractivity contribution in [1.82, 2.24) is 10.2 Å². The first kappa shape index (κ1) is 22.7. The van der Waals surface area contributed by atoms with Crippen LogP contribution >= 0.6 is 24.8 Å². The summed E-state index contributed by atoms with van der Waals surface area (Å²) < 4.78 is 0. The zero-order valence-corrected chi connectivity index (χ0v) is 16.9. The molecular weight excluding hydrogens is 327 g/mol. The molecule has 2 rings (SSSR count). The molecule has 4 heteroatoms. The van der Waals surface area contributed by atoms with Gasteiger partial charge in [0.1, 0.15) is 0 Å². The molecule has 2 nitrogen and oxygen atoms in total. The second-order valence-electron chi connectivity index (χ2n) is 7.49. The Kier molecular flexibility index (Phi) is 9.76. The lowest BCUT2D eigenvalue weighted by atomic mass is 9.84. The Morgan fingerprint density at radius 2 is 1.57 bits per heavy atom. The summed E-state index contributed by atoms with van der Waals surface area (Å²) in [7, 11) is 0. The molecule has 134 valence electrons. The predicted octanol–water partition coefficient (Wildman–Crippen LogP) is 4.82. The molecule has 1 saturated heterocycles. The highest BCUT2D eigenvalue weighted by molar-refractivity contribution is 5.85. The van der Waals surface area contributed by atoms with E-state index >= 15 is 0 Å². The maximum absolute atomic E-state index is 3.47. The van der Waals surface area contributed by atoms with Gasteiger partial charge in [0.15, 0.2) is 0 Å². The van der Waals surface area contributed by atoms with Crippen LogP contribution in [0.25, 0.3) is 0 Å². The van der Waals surface area contributed by atoms with Crippen LogP contribution in [0.5, 0.6) is 0 Å². The zero-order chi connectivity index (χ0) is 15.5. The van der Waals surface area contributed by atoms with Gasteiger partial charge in [-0.15, -0.1) is 24.8 Å². The quantitative estimate of drug-likeness (QED) is 0.827. The van der Waals surface area contributed by atoms with Gasteiger partial charge in [0.2, 0.25) is 0 Å². The van der Waals surface area contributed by atoms with Crippen molar-refractivity contribution in [2.45, 2.75) is 52.5 Å². The second kappa shape index (κ2) is 9.88. The van der Waals surface area contributed by atoms with E-state index in [2.05, 4.69) is 69.1 Å². The number of nitrogens with one attached hydrogen (secondary N) is 1. The van der Waals surface area contributed by atoms with Gasteiger partial charge in [0, 0.05) is 32.2 Å². The van der Waals surface area contributed by atoms with Crippen LogP contribution in [0.2, 0.25) is 0 Å². The molecule has 1 aromatic carbocycles. The van der Waals surface area contributed by atoms with Crippen molar-refractivity contribution in [2.75, 3.05) is 26.2 Å². The minimum atomic E-state index is 0. The molecule has 1 unspecified atom stereocenters. The van der Waals surface area contributed by atoms with Gasteiger partial charge in [-0.05, 0) is 22.5 Å². The molecule has 1 heterocycles. The maximum atomic E-state index is 3.47. The van der Waals surface area contributed by atoms with Crippen molar-refractivity contribution in [1.29, 1.82) is 0 Å². The smallest absolute Gasteiger partial charge is 0.0374 e. The van der Waals surface area contributed by atoms with Gasteiger partial charge in [-0.3, -0.25) is 4.90 Å². The molecular formula is C19H34Cl2N2. The summed E-state index contributed by atoms with van der Waals surface area (Å²) in [6.07, 6.45) is 1.23. The van der Waals surface area contributed by atoms with Crippen molar-refractivity contribution in [3.05, 3.63) is 35.4 Å². The molecule has 0 bridgehead atoms. The van der Waals surface area contributed by atoms with Crippen molar-refractivity contribution in [2.24, 2.45) is 5.92 Å². The molecule has 0 spiro atoms. The van der Waals surface area contributed by atoms with Crippen LogP contribution in [0.3, 0.4) is 0 Å². The van der Waals surface area contributed by atoms with Crippen LogP contribution in [0.1, 0.15) is 58.2 Å². The highest BCUT2D eigenvalue weighted by atomic mass is 35.5. The van der Waals surface area contributed by atoms with E-state index in [-0.39, 0.29) is 30.2 Å². The molecule has 0 amide bonds. The van der Waals surface area contributed by atoms with Crippen LogP contribution in [-0.4, -0.2) is 31.1 Å². The molecule has 1 fully saturated rings. The Hall–Kier alpha value is -0.280. The molecule has 1 aromatic rings. The van der Waals surface area contributed by atoms with Crippen molar-refractivity contribution < 1.29 is 0 Å². The zero-order valence-electron chi connectivity index (χ0n) is 15.3. The normalized spacial score (nSPS) is 18.5. The average molecular weight is 361 g/mol. The number of hydrogen-bond donors (Lipinski definition) is 1. The number of nitrogens with zero attached hydrogens (tertiary/aromatic N) is 1. The number of piperazine rings is 1. The lowest BCUT2D eigenvalue weighted by molar-refractivity contribution is 0.128. The van der Waals surface area contributed by atoms with E-state index in [4.69, 9.17) is 0 Å². The van der Waals surface area contributed by atoms with Crippen LogP contribution in [0, 0.1) is 5.92 Å².